The quantitative estimate of drug-likeness (QED) is 0.595. The van der Waals surface area contributed by atoms with Gasteiger partial charge in [-0.25, -0.2) is 0 Å². The van der Waals surface area contributed by atoms with Gasteiger partial charge < -0.3 is 10.7 Å². The van der Waals surface area contributed by atoms with Crippen molar-refractivity contribution in [2.45, 2.75) is 13.8 Å². The topological polar surface area (TPSA) is 48.2 Å². The highest BCUT2D eigenvalue weighted by atomic mass is 14.9. The Morgan fingerprint density at radius 3 is 3.00 bits per heavy atom. The molecule has 1 aliphatic heterocycles. The first kappa shape index (κ1) is 8.71. The van der Waals surface area contributed by atoms with Crippen LogP contribution in [0.1, 0.15) is 13.8 Å². The molecular weight excluding hydrogens is 150 g/mol. The maximum absolute atomic E-state index is 7.12. The lowest BCUT2D eigenvalue weighted by Crippen LogP contribution is -2.21. The van der Waals surface area contributed by atoms with E-state index in [9.17, 15) is 0 Å². The van der Waals surface area contributed by atoms with Crippen molar-refractivity contribution >= 4 is 12.4 Å². The van der Waals surface area contributed by atoms with E-state index in [1.165, 1.54) is 11.8 Å². The Hall–Kier alpha value is -1.38. The number of aliphatic imine (C=N–C) groups is 1. The summed E-state index contributed by atoms with van der Waals surface area (Å²) in [5.74, 6) is 0. The smallest absolute Gasteiger partial charge is 0.0872 e. The van der Waals surface area contributed by atoms with Crippen LogP contribution >= 0.6 is 0 Å². The molecule has 0 atom stereocenters. The highest BCUT2D eigenvalue weighted by Gasteiger charge is 2.06. The molecule has 12 heavy (non-hydrogen) atoms. The minimum Gasteiger partial charge on any atom is -0.378 e. The third-order valence-corrected chi connectivity index (χ3v) is 1.63. The number of hydrogen-bond donors (Lipinski definition) is 2. The summed E-state index contributed by atoms with van der Waals surface area (Å²) in [5.41, 5.74) is 2.87. The van der Waals surface area contributed by atoms with Gasteiger partial charge in [-0.1, -0.05) is 5.57 Å². The van der Waals surface area contributed by atoms with Crippen LogP contribution in [-0.4, -0.2) is 19.0 Å². The summed E-state index contributed by atoms with van der Waals surface area (Å²) in [5, 5.41) is 10.2. The van der Waals surface area contributed by atoms with Crippen LogP contribution in [0.4, 0.5) is 0 Å². The van der Waals surface area contributed by atoms with E-state index in [-0.39, 0.29) is 0 Å². The monoisotopic (exact) mass is 163 g/mol. The lowest BCUT2D eigenvalue weighted by atomic mass is 10.1. The molecule has 0 aromatic heterocycles. The van der Waals surface area contributed by atoms with Crippen LogP contribution in [0.2, 0.25) is 0 Å². The summed E-state index contributed by atoms with van der Waals surface area (Å²) in [6.45, 7) is 4.72. The minimum atomic E-state index is 0.790. The largest absolute Gasteiger partial charge is 0.378 e. The van der Waals surface area contributed by atoms with Crippen LogP contribution in [0.15, 0.2) is 28.0 Å². The average molecular weight is 163 g/mol. The van der Waals surface area contributed by atoms with E-state index in [4.69, 9.17) is 5.41 Å². The lowest BCUT2D eigenvalue weighted by Gasteiger charge is -2.14. The molecule has 0 bridgehead atoms. The lowest BCUT2D eigenvalue weighted by molar-refractivity contribution is 0.873. The second-order valence-electron chi connectivity index (χ2n) is 2.67. The number of dihydropyridines is 1. The van der Waals surface area contributed by atoms with Crippen LogP contribution < -0.4 is 5.32 Å². The number of nitrogens with one attached hydrogen (secondary N) is 2. The molecular formula is C9H13N3. The van der Waals surface area contributed by atoms with Crippen molar-refractivity contribution in [2.24, 2.45) is 4.99 Å². The zero-order chi connectivity index (χ0) is 8.97. The summed E-state index contributed by atoms with van der Waals surface area (Å²) < 4.78 is 0. The van der Waals surface area contributed by atoms with Gasteiger partial charge in [0.15, 0.2) is 0 Å². The van der Waals surface area contributed by atoms with Gasteiger partial charge in [0.1, 0.15) is 0 Å². The van der Waals surface area contributed by atoms with E-state index in [1.807, 2.05) is 19.9 Å². The average Bonchev–Trinajstić information content (AvgIpc) is 2.05. The molecule has 0 aromatic carbocycles. The normalized spacial score (nSPS) is 17.7. The van der Waals surface area contributed by atoms with Gasteiger partial charge in [0.05, 0.1) is 11.4 Å². The van der Waals surface area contributed by atoms with Crippen molar-refractivity contribution in [1.29, 1.82) is 5.41 Å². The second-order valence-corrected chi connectivity index (χ2v) is 2.67. The zero-order valence-corrected chi connectivity index (χ0v) is 7.39. The molecule has 0 saturated carbocycles. The van der Waals surface area contributed by atoms with Crippen molar-refractivity contribution in [3.63, 3.8) is 0 Å². The van der Waals surface area contributed by atoms with Gasteiger partial charge in [-0.2, -0.15) is 0 Å². The first-order valence-corrected chi connectivity index (χ1v) is 3.92. The van der Waals surface area contributed by atoms with Gasteiger partial charge in [0.2, 0.25) is 0 Å². The van der Waals surface area contributed by atoms with Crippen molar-refractivity contribution < 1.29 is 0 Å². The molecule has 0 aliphatic carbocycles. The van der Waals surface area contributed by atoms with E-state index in [0.29, 0.717) is 0 Å². The fourth-order valence-corrected chi connectivity index (χ4v) is 1.06. The summed E-state index contributed by atoms with van der Waals surface area (Å²) in [7, 11) is 0. The molecule has 0 saturated heterocycles. The first-order valence-electron chi connectivity index (χ1n) is 3.92. The SMILES string of the molecule is CC=NC1=C(C=N)NCC(C)=C1. The molecule has 0 fully saturated rings. The van der Waals surface area contributed by atoms with Gasteiger partial charge in [-0.15, -0.1) is 0 Å². The van der Waals surface area contributed by atoms with E-state index >= 15 is 0 Å². The molecule has 1 rings (SSSR count). The summed E-state index contributed by atoms with van der Waals surface area (Å²) in [6.07, 6.45) is 5.03. The third kappa shape index (κ3) is 1.81. The second kappa shape index (κ2) is 3.85. The summed E-state index contributed by atoms with van der Waals surface area (Å²) in [6, 6.07) is 0. The molecule has 2 N–H and O–H groups in total. The van der Waals surface area contributed by atoms with Gasteiger partial charge in [-0.3, -0.25) is 4.99 Å². The number of nitrogens with zero attached hydrogens (tertiary/aromatic N) is 1. The van der Waals surface area contributed by atoms with Crippen LogP contribution in [0.25, 0.3) is 0 Å². The van der Waals surface area contributed by atoms with Crippen LogP contribution in [-0.2, 0) is 0 Å². The Bertz CT molecular complexity index is 271. The van der Waals surface area contributed by atoms with Crippen molar-refractivity contribution in [2.75, 3.05) is 6.54 Å². The van der Waals surface area contributed by atoms with Crippen molar-refractivity contribution in [3.05, 3.63) is 23.0 Å². The third-order valence-electron chi connectivity index (χ3n) is 1.63. The summed E-state index contributed by atoms with van der Waals surface area (Å²) in [4.78, 5) is 4.15. The summed E-state index contributed by atoms with van der Waals surface area (Å²) >= 11 is 0. The Balaban J connectivity index is 3.00. The fraction of sp³-hybridized carbons (Fsp3) is 0.333. The molecule has 0 unspecified atom stereocenters. The van der Waals surface area contributed by atoms with Gasteiger partial charge >= 0.3 is 0 Å². The molecule has 3 heteroatoms. The Morgan fingerprint density at radius 1 is 1.67 bits per heavy atom. The molecule has 1 heterocycles. The van der Waals surface area contributed by atoms with E-state index in [1.54, 1.807) is 6.21 Å². The first-order chi connectivity index (χ1) is 5.77. The van der Waals surface area contributed by atoms with E-state index in [0.717, 1.165) is 17.9 Å². The highest BCUT2D eigenvalue weighted by Crippen LogP contribution is 2.11. The maximum atomic E-state index is 7.12. The maximum Gasteiger partial charge on any atom is 0.0872 e. The number of hydrogen-bond acceptors (Lipinski definition) is 3. The molecule has 0 spiro atoms. The molecule has 0 amide bonds. The van der Waals surface area contributed by atoms with Crippen molar-refractivity contribution in [1.82, 2.24) is 5.32 Å². The van der Waals surface area contributed by atoms with Crippen LogP contribution in [0, 0.1) is 5.41 Å². The Labute approximate surface area is 72.4 Å². The van der Waals surface area contributed by atoms with Gasteiger partial charge in [0, 0.05) is 19.0 Å². The van der Waals surface area contributed by atoms with Crippen LogP contribution in [0.5, 0.6) is 0 Å². The Kier molecular flexibility index (Phi) is 2.80. The number of allylic oxidation sites excluding steroid dienone is 2. The molecule has 1 aliphatic rings. The zero-order valence-electron chi connectivity index (χ0n) is 7.39. The molecule has 0 aromatic rings. The predicted molar refractivity (Wildman–Crippen MR) is 51.7 cm³/mol. The van der Waals surface area contributed by atoms with Crippen LogP contribution in [0.3, 0.4) is 0 Å². The Morgan fingerprint density at radius 2 is 2.42 bits per heavy atom. The fourth-order valence-electron chi connectivity index (χ4n) is 1.06. The van der Waals surface area contributed by atoms with E-state index in [2.05, 4.69) is 10.3 Å². The molecule has 64 valence electrons. The highest BCUT2D eigenvalue weighted by molar-refractivity contribution is 5.78. The molecule has 3 nitrogen and oxygen atoms in total. The molecule has 0 radical (unpaired) electrons. The minimum absolute atomic E-state index is 0.790. The van der Waals surface area contributed by atoms with E-state index < -0.39 is 0 Å². The predicted octanol–water partition coefficient (Wildman–Crippen LogP) is 1.49. The van der Waals surface area contributed by atoms with Crippen molar-refractivity contribution in [3.8, 4) is 0 Å². The van der Waals surface area contributed by atoms with Gasteiger partial charge in [-0.05, 0) is 19.9 Å². The van der Waals surface area contributed by atoms with Gasteiger partial charge in [0.25, 0.3) is 0 Å². The standard InChI is InChI=1S/C9H13N3/c1-3-11-8-4-7(2)6-12-9(8)5-10/h3-5,10,12H,6H2,1-2H3. The number of rotatable bonds is 2.